The largest absolute Gasteiger partial charge is 0.320 e. The van der Waals surface area contributed by atoms with Crippen molar-refractivity contribution >= 4 is 11.3 Å². The predicted molar refractivity (Wildman–Crippen MR) is 66.3 cm³/mol. The zero-order valence-corrected chi connectivity index (χ0v) is 9.92. The van der Waals surface area contributed by atoms with Gasteiger partial charge in [0, 0.05) is 11.1 Å². The maximum absolute atomic E-state index is 5.33. The minimum atomic E-state index is 0.408. The van der Waals surface area contributed by atoms with Crippen LogP contribution in [0, 0.1) is 18.8 Å². The van der Waals surface area contributed by atoms with Crippen molar-refractivity contribution < 1.29 is 0 Å². The fourth-order valence-corrected chi connectivity index (χ4v) is 2.26. The van der Waals surface area contributed by atoms with Gasteiger partial charge in [0.2, 0.25) is 0 Å². The van der Waals surface area contributed by atoms with E-state index in [9.17, 15) is 0 Å². The van der Waals surface area contributed by atoms with E-state index in [1.807, 2.05) is 30.1 Å². The van der Waals surface area contributed by atoms with Crippen molar-refractivity contribution in [3.8, 4) is 11.8 Å². The lowest BCUT2D eigenvalue weighted by molar-refractivity contribution is 0.694. The Bertz CT molecular complexity index is 528. The Kier molecular flexibility index (Phi) is 3.40. The van der Waals surface area contributed by atoms with Crippen LogP contribution in [0.5, 0.6) is 0 Å². The maximum Gasteiger partial charge on any atom is 0.0772 e. The molecule has 82 valence electrons. The van der Waals surface area contributed by atoms with Crippen LogP contribution in [-0.4, -0.2) is 16.3 Å². The Balaban J connectivity index is 2.08. The lowest BCUT2D eigenvalue weighted by Gasteiger charge is -1.96. The van der Waals surface area contributed by atoms with Crippen LogP contribution in [-0.2, 0) is 6.54 Å². The molecule has 0 aliphatic heterocycles. The first-order chi connectivity index (χ1) is 7.78. The maximum atomic E-state index is 5.33. The topological polar surface area (TPSA) is 43.8 Å². The van der Waals surface area contributed by atoms with E-state index in [-0.39, 0.29) is 0 Å². The summed E-state index contributed by atoms with van der Waals surface area (Å²) < 4.78 is 1.93. The molecule has 0 spiro atoms. The van der Waals surface area contributed by atoms with Crippen molar-refractivity contribution in [2.24, 2.45) is 5.73 Å². The van der Waals surface area contributed by atoms with Crippen LogP contribution in [0.15, 0.2) is 24.5 Å². The van der Waals surface area contributed by atoms with Crippen molar-refractivity contribution in [2.75, 3.05) is 6.54 Å². The Hall–Kier alpha value is -1.57. The average Bonchev–Trinajstić information content (AvgIpc) is 2.86. The second-order valence-electron chi connectivity index (χ2n) is 3.49. The highest BCUT2D eigenvalue weighted by atomic mass is 32.1. The number of nitrogens with two attached hydrogens (primary N) is 1. The third kappa shape index (κ3) is 2.72. The van der Waals surface area contributed by atoms with Gasteiger partial charge in [-0.2, -0.15) is 5.10 Å². The van der Waals surface area contributed by atoms with E-state index in [4.69, 9.17) is 5.73 Å². The van der Waals surface area contributed by atoms with E-state index >= 15 is 0 Å². The van der Waals surface area contributed by atoms with Crippen molar-refractivity contribution in [3.63, 3.8) is 0 Å². The molecule has 0 amide bonds. The minimum Gasteiger partial charge on any atom is -0.320 e. The molecule has 3 nitrogen and oxygen atoms in total. The molecule has 2 aromatic rings. The minimum absolute atomic E-state index is 0.408. The van der Waals surface area contributed by atoms with Gasteiger partial charge in [-0.15, -0.1) is 11.3 Å². The first-order valence-corrected chi connectivity index (χ1v) is 5.86. The van der Waals surface area contributed by atoms with Crippen LogP contribution in [0.2, 0.25) is 0 Å². The summed E-state index contributed by atoms with van der Waals surface area (Å²) in [6.07, 6.45) is 3.90. The van der Waals surface area contributed by atoms with Crippen molar-refractivity contribution in [1.82, 2.24) is 9.78 Å². The Morgan fingerprint density at radius 2 is 2.38 bits per heavy atom. The predicted octanol–water partition coefficient (Wildman–Crippen LogP) is 1.61. The van der Waals surface area contributed by atoms with Gasteiger partial charge in [0.25, 0.3) is 0 Å². The molecule has 2 heterocycles. The lowest BCUT2D eigenvalue weighted by atomic mass is 10.4. The average molecular weight is 231 g/mol. The Labute approximate surface area is 98.9 Å². The highest BCUT2D eigenvalue weighted by Crippen LogP contribution is 2.16. The van der Waals surface area contributed by atoms with Gasteiger partial charge >= 0.3 is 0 Å². The fraction of sp³-hybridized carbons (Fsp3) is 0.250. The van der Waals surface area contributed by atoms with Gasteiger partial charge in [0.1, 0.15) is 0 Å². The van der Waals surface area contributed by atoms with Gasteiger partial charge in [0.05, 0.1) is 24.2 Å². The summed E-state index contributed by atoms with van der Waals surface area (Å²) in [7, 11) is 0. The molecule has 0 bridgehead atoms. The molecule has 0 atom stereocenters. The highest BCUT2D eigenvalue weighted by molar-refractivity contribution is 7.12. The normalized spacial score (nSPS) is 9.88. The highest BCUT2D eigenvalue weighted by Gasteiger charge is 2.00. The van der Waals surface area contributed by atoms with E-state index in [2.05, 4.69) is 23.0 Å². The number of hydrogen-bond donors (Lipinski definition) is 1. The number of aromatic nitrogens is 2. The molecular formula is C12H13N3S. The lowest BCUT2D eigenvalue weighted by Crippen LogP contribution is -1.97. The van der Waals surface area contributed by atoms with Gasteiger partial charge < -0.3 is 5.73 Å². The second-order valence-corrected chi connectivity index (χ2v) is 4.66. The van der Waals surface area contributed by atoms with Crippen LogP contribution >= 0.6 is 11.3 Å². The van der Waals surface area contributed by atoms with E-state index < -0.39 is 0 Å². The SMILES string of the molecule is Cc1cnn(Cc2ccc(C#CCN)s2)c1. The number of thiophene rings is 1. The summed E-state index contributed by atoms with van der Waals surface area (Å²) in [6, 6.07) is 4.11. The molecule has 0 aliphatic carbocycles. The second kappa shape index (κ2) is 4.97. The fourth-order valence-electron chi connectivity index (χ4n) is 1.38. The van der Waals surface area contributed by atoms with Crippen LogP contribution in [0.25, 0.3) is 0 Å². The molecule has 2 aromatic heterocycles. The van der Waals surface area contributed by atoms with Gasteiger partial charge in [-0.25, -0.2) is 0 Å². The van der Waals surface area contributed by atoms with Crippen LogP contribution in [0.4, 0.5) is 0 Å². The van der Waals surface area contributed by atoms with Gasteiger partial charge in [-0.05, 0) is 24.6 Å². The summed E-state index contributed by atoms with van der Waals surface area (Å²) in [5.41, 5.74) is 6.51. The van der Waals surface area contributed by atoms with Crippen molar-refractivity contribution in [3.05, 3.63) is 39.8 Å². The van der Waals surface area contributed by atoms with E-state index in [0.29, 0.717) is 6.54 Å². The van der Waals surface area contributed by atoms with Gasteiger partial charge in [-0.3, -0.25) is 4.68 Å². The van der Waals surface area contributed by atoms with E-state index in [1.165, 1.54) is 10.4 Å². The molecular weight excluding hydrogens is 218 g/mol. The molecule has 0 aliphatic rings. The van der Waals surface area contributed by atoms with Crippen LogP contribution < -0.4 is 5.73 Å². The first-order valence-electron chi connectivity index (χ1n) is 5.04. The van der Waals surface area contributed by atoms with Crippen LogP contribution in [0.1, 0.15) is 15.3 Å². The zero-order valence-electron chi connectivity index (χ0n) is 9.10. The van der Waals surface area contributed by atoms with Crippen LogP contribution in [0.3, 0.4) is 0 Å². The standard InChI is InChI=1S/C12H13N3S/c1-10-7-14-15(8-10)9-12-5-4-11(16-12)3-2-6-13/h4-5,7-8H,6,9,13H2,1H3. The Morgan fingerprint density at radius 3 is 3.06 bits per heavy atom. The van der Waals surface area contributed by atoms with Crippen molar-refractivity contribution in [2.45, 2.75) is 13.5 Å². The summed E-state index contributed by atoms with van der Waals surface area (Å²) in [5.74, 6) is 5.88. The van der Waals surface area contributed by atoms with Crippen molar-refractivity contribution in [1.29, 1.82) is 0 Å². The van der Waals surface area contributed by atoms with Gasteiger partial charge in [0.15, 0.2) is 0 Å². The third-order valence-corrected chi connectivity index (χ3v) is 3.04. The molecule has 0 radical (unpaired) electrons. The molecule has 0 aromatic carbocycles. The number of aryl methyl sites for hydroxylation is 1. The molecule has 16 heavy (non-hydrogen) atoms. The molecule has 4 heteroatoms. The zero-order chi connectivity index (χ0) is 11.4. The van der Waals surface area contributed by atoms with E-state index in [1.54, 1.807) is 11.3 Å². The molecule has 2 rings (SSSR count). The first kappa shape index (κ1) is 10.9. The summed E-state index contributed by atoms with van der Waals surface area (Å²) in [6.45, 7) is 3.25. The Morgan fingerprint density at radius 1 is 1.50 bits per heavy atom. The number of nitrogens with zero attached hydrogens (tertiary/aromatic N) is 2. The monoisotopic (exact) mass is 231 g/mol. The molecule has 0 saturated heterocycles. The summed E-state index contributed by atoms with van der Waals surface area (Å²) in [4.78, 5) is 2.31. The molecule has 2 N–H and O–H groups in total. The molecule has 0 fully saturated rings. The molecule has 0 saturated carbocycles. The smallest absolute Gasteiger partial charge is 0.0772 e. The van der Waals surface area contributed by atoms with E-state index in [0.717, 1.165) is 11.4 Å². The van der Waals surface area contributed by atoms with Gasteiger partial charge in [-0.1, -0.05) is 11.8 Å². The quantitative estimate of drug-likeness (QED) is 0.798. The number of rotatable bonds is 2. The summed E-state index contributed by atoms with van der Waals surface area (Å²) >= 11 is 1.69. The third-order valence-electron chi connectivity index (χ3n) is 2.06. The summed E-state index contributed by atoms with van der Waals surface area (Å²) in [5, 5.41) is 4.25. The molecule has 0 unspecified atom stereocenters. The number of hydrogen-bond acceptors (Lipinski definition) is 3.